The largest absolute Gasteiger partial charge is 0.324 e. The number of nitrogens with zero attached hydrogens (tertiary/aromatic N) is 1. The van der Waals surface area contributed by atoms with Crippen LogP contribution in [-0.2, 0) is 0 Å². The zero-order valence-corrected chi connectivity index (χ0v) is 14.2. The maximum absolute atomic E-state index is 12.3. The fraction of sp³-hybridized carbons (Fsp3) is 0.562. The van der Waals surface area contributed by atoms with Crippen LogP contribution in [0.4, 0.5) is 10.5 Å². The third-order valence-electron chi connectivity index (χ3n) is 4.85. The topological polar surface area (TPSA) is 44.4 Å². The number of halogens is 2. The maximum Gasteiger partial charge on any atom is 0.321 e. The third-order valence-corrected chi connectivity index (χ3v) is 5.09. The number of carbonyl (C=O) groups excluding carboxylic acids is 1. The van der Waals surface area contributed by atoms with Crippen LogP contribution in [0.25, 0.3) is 0 Å². The molecule has 0 aromatic heterocycles. The fourth-order valence-electron chi connectivity index (χ4n) is 3.41. The Morgan fingerprint density at radius 2 is 1.86 bits per heavy atom. The van der Waals surface area contributed by atoms with E-state index in [4.69, 9.17) is 11.6 Å². The first-order chi connectivity index (χ1) is 10.2. The molecular weight excluding hydrogens is 321 g/mol. The Hall–Kier alpha value is -0.970. The van der Waals surface area contributed by atoms with Crippen LogP contribution in [0.1, 0.15) is 25.7 Å². The van der Waals surface area contributed by atoms with Crippen molar-refractivity contribution >= 4 is 35.7 Å². The van der Waals surface area contributed by atoms with Gasteiger partial charge in [0.2, 0.25) is 0 Å². The number of amides is 2. The van der Waals surface area contributed by atoms with Crippen molar-refractivity contribution in [2.45, 2.75) is 25.7 Å². The highest BCUT2D eigenvalue weighted by Gasteiger charge is 2.36. The van der Waals surface area contributed by atoms with Gasteiger partial charge in [-0.05, 0) is 62.4 Å². The number of anilines is 1. The zero-order valence-electron chi connectivity index (χ0n) is 12.6. The van der Waals surface area contributed by atoms with Gasteiger partial charge in [-0.15, -0.1) is 12.4 Å². The van der Waals surface area contributed by atoms with Crippen LogP contribution in [0, 0.1) is 5.41 Å². The number of piperidine rings is 2. The quantitative estimate of drug-likeness (QED) is 0.815. The van der Waals surface area contributed by atoms with Crippen molar-refractivity contribution < 1.29 is 4.79 Å². The lowest BCUT2D eigenvalue weighted by Crippen LogP contribution is -2.48. The van der Waals surface area contributed by atoms with Crippen LogP contribution in [0.5, 0.6) is 0 Å². The summed E-state index contributed by atoms with van der Waals surface area (Å²) in [5.74, 6) is 0. The summed E-state index contributed by atoms with van der Waals surface area (Å²) in [7, 11) is 0. The van der Waals surface area contributed by atoms with Gasteiger partial charge >= 0.3 is 6.03 Å². The van der Waals surface area contributed by atoms with Crippen molar-refractivity contribution in [2.75, 3.05) is 31.5 Å². The predicted octanol–water partition coefficient (Wildman–Crippen LogP) is 3.76. The Bertz CT molecular complexity index is 508. The van der Waals surface area contributed by atoms with Crippen LogP contribution in [0.3, 0.4) is 0 Å². The molecule has 2 N–H and O–H groups in total. The predicted molar refractivity (Wildman–Crippen MR) is 93.1 cm³/mol. The Morgan fingerprint density at radius 3 is 2.50 bits per heavy atom. The number of nitrogens with one attached hydrogen (secondary N) is 2. The van der Waals surface area contributed by atoms with E-state index in [2.05, 4.69) is 10.6 Å². The van der Waals surface area contributed by atoms with E-state index in [0.717, 1.165) is 44.7 Å². The lowest BCUT2D eigenvalue weighted by atomic mass is 9.72. The van der Waals surface area contributed by atoms with Gasteiger partial charge in [0.25, 0.3) is 0 Å². The van der Waals surface area contributed by atoms with Crippen LogP contribution in [0.2, 0.25) is 5.02 Å². The van der Waals surface area contributed by atoms with E-state index in [0.29, 0.717) is 10.4 Å². The Kier molecular flexibility index (Phi) is 5.95. The first-order valence-electron chi connectivity index (χ1n) is 7.69. The summed E-state index contributed by atoms with van der Waals surface area (Å²) in [6.07, 6.45) is 4.74. The summed E-state index contributed by atoms with van der Waals surface area (Å²) in [6, 6.07) is 7.28. The molecule has 2 amide bonds. The summed E-state index contributed by atoms with van der Waals surface area (Å²) >= 11 is 5.94. The number of urea groups is 1. The highest BCUT2D eigenvalue weighted by Crippen LogP contribution is 2.39. The van der Waals surface area contributed by atoms with Crippen LogP contribution < -0.4 is 10.6 Å². The molecule has 0 atom stereocenters. The minimum absolute atomic E-state index is 0. The number of rotatable bonds is 1. The van der Waals surface area contributed by atoms with Crippen molar-refractivity contribution in [2.24, 2.45) is 5.41 Å². The number of carbonyl (C=O) groups is 1. The molecule has 122 valence electrons. The summed E-state index contributed by atoms with van der Waals surface area (Å²) in [6.45, 7) is 3.95. The molecule has 2 heterocycles. The Labute approximate surface area is 143 Å². The monoisotopic (exact) mass is 343 g/mol. The summed E-state index contributed by atoms with van der Waals surface area (Å²) in [4.78, 5) is 14.2. The van der Waals surface area contributed by atoms with Crippen molar-refractivity contribution in [3.63, 3.8) is 0 Å². The van der Waals surface area contributed by atoms with E-state index in [9.17, 15) is 4.79 Å². The molecule has 0 aliphatic carbocycles. The summed E-state index contributed by atoms with van der Waals surface area (Å²) in [5, 5.41) is 7.00. The molecule has 2 aliphatic heterocycles. The van der Waals surface area contributed by atoms with Gasteiger partial charge in [0.15, 0.2) is 0 Å². The number of hydrogen-bond donors (Lipinski definition) is 2. The molecule has 2 aliphatic rings. The van der Waals surface area contributed by atoms with Gasteiger partial charge in [-0.2, -0.15) is 0 Å². The van der Waals surface area contributed by atoms with Crippen LogP contribution >= 0.6 is 24.0 Å². The molecule has 1 aromatic carbocycles. The second-order valence-corrected chi connectivity index (χ2v) is 6.61. The average molecular weight is 344 g/mol. The Morgan fingerprint density at radius 1 is 1.18 bits per heavy atom. The zero-order chi connectivity index (χ0) is 14.7. The van der Waals surface area contributed by atoms with E-state index >= 15 is 0 Å². The molecule has 0 unspecified atom stereocenters. The number of hydrogen-bond acceptors (Lipinski definition) is 2. The standard InChI is InChI=1S/C16H22ClN3O.ClH/c17-13-2-1-3-14(12-13)19-15(21)20-10-6-16(7-11-20)4-8-18-9-5-16;/h1-3,12,18H,4-11H2,(H,19,21);1H. The smallest absolute Gasteiger partial charge is 0.321 e. The van der Waals surface area contributed by atoms with E-state index in [-0.39, 0.29) is 18.4 Å². The normalized spacial score (nSPS) is 20.3. The number of benzene rings is 1. The van der Waals surface area contributed by atoms with E-state index in [1.54, 1.807) is 12.1 Å². The van der Waals surface area contributed by atoms with E-state index in [1.165, 1.54) is 12.8 Å². The molecule has 4 nitrogen and oxygen atoms in total. The molecule has 1 aromatic rings. The SMILES string of the molecule is Cl.O=C(Nc1cccc(Cl)c1)N1CCC2(CCNCC2)CC1. The number of likely N-dealkylation sites (tertiary alicyclic amines) is 1. The third kappa shape index (κ3) is 4.06. The fourth-order valence-corrected chi connectivity index (χ4v) is 3.60. The molecule has 2 saturated heterocycles. The molecule has 22 heavy (non-hydrogen) atoms. The van der Waals surface area contributed by atoms with Crippen LogP contribution in [0.15, 0.2) is 24.3 Å². The molecule has 3 rings (SSSR count). The molecule has 1 spiro atoms. The second-order valence-electron chi connectivity index (χ2n) is 6.18. The summed E-state index contributed by atoms with van der Waals surface area (Å²) in [5.41, 5.74) is 1.23. The molecule has 6 heteroatoms. The van der Waals surface area contributed by atoms with Crippen molar-refractivity contribution in [1.82, 2.24) is 10.2 Å². The first-order valence-corrected chi connectivity index (χ1v) is 8.07. The molecule has 2 fully saturated rings. The van der Waals surface area contributed by atoms with Crippen molar-refractivity contribution in [3.8, 4) is 0 Å². The van der Waals surface area contributed by atoms with Gasteiger partial charge in [-0.1, -0.05) is 17.7 Å². The minimum Gasteiger partial charge on any atom is -0.324 e. The van der Waals surface area contributed by atoms with Gasteiger partial charge in [0.1, 0.15) is 0 Å². The van der Waals surface area contributed by atoms with Crippen LogP contribution in [-0.4, -0.2) is 37.1 Å². The molecular formula is C16H23Cl2N3O. The highest BCUT2D eigenvalue weighted by molar-refractivity contribution is 6.30. The highest BCUT2D eigenvalue weighted by atomic mass is 35.5. The first kappa shape index (κ1) is 17.4. The van der Waals surface area contributed by atoms with Gasteiger partial charge < -0.3 is 15.5 Å². The van der Waals surface area contributed by atoms with E-state index < -0.39 is 0 Å². The molecule has 0 radical (unpaired) electrons. The Balaban J connectivity index is 0.00000176. The lowest BCUT2D eigenvalue weighted by Gasteiger charge is -2.44. The second kappa shape index (κ2) is 7.53. The van der Waals surface area contributed by atoms with Crippen molar-refractivity contribution in [3.05, 3.63) is 29.3 Å². The lowest BCUT2D eigenvalue weighted by molar-refractivity contribution is 0.0915. The minimum atomic E-state index is -0.0129. The summed E-state index contributed by atoms with van der Waals surface area (Å²) < 4.78 is 0. The maximum atomic E-state index is 12.3. The molecule has 0 bridgehead atoms. The van der Waals surface area contributed by atoms with Gasteiger partial charge in [0.05, 0.1) is 0 Å². The van der Waals surface area contributed by atoms with Gasteiger partial charge in [-0.25, -0.2) is 4.79 Å². The van der Waals surface area contributed by atoms with Gasteiger partial charge in [0, 0.05) is 23.8 Å². The van der Waals surface area contributed by atoms with E-state index in [1.807, 2.05) is 17.0 Å². The molecule has 0 saturated carbocycles. The van der Waals surface area contributed by atoms with Crippen molar-refractivity contribution in [1.29, 1.82) is 0 Å². The van der Waals surface area contributed by atoms with Gasteiger partial charge in [-0.3, -0.25) is 0 Å². The average Bonchev–Trinajstić information content (AvgIpc) is 2.49.